The molecule has 0 spiro atoms. The molecule has 18 heavy (non-hydrogen) atoms. The Morgan fingerprint density at radius 2 is 1.50 bits per heavy atom. The van der Waals surface area contributed by atoms with Crippen LogP contribution in [0.4, 0.5) is 0 Å². The molecular weight excluding hydrogens is 238 g/mol. The third-order valence-corrected chi connectivity index (χ3v) is 4.30. The highest BCUT2D eigenvalue weighted by atomic mass is 32.2. The maximum atomic E-state index is 5.72. The fourth-order valence-electron chi connectivity index (χ4n) is 1.94. The summed E-state index contributed by atoms with van der Waals surface area (Å²) in [6.45, 7) is 0.737. The number of benzene rings is 2. The van der Waals surface area contributed by atoms with Gasteiger partial charge in [-0.25, -0.2) is 0 Å². The lowest BCUT2D eigenvalue weighted by Crippen LogP contribution is -2.05. The molecule has 0 aliphatic carbocycles. The molecule has 1 nitrogen and oxygen atoms in total. The molecule has 0 aliphatic rings. The average molecular weight is 257 g/mol. The Morgan fingerprint density at radius 1 is 0.889 bits per heavy atom. The predicted octanol–water partition coefficient (Wildman–Crippen LogP) is 4.01. The van der Waals surface area contributed by atoms with Crippen molar-refractivity contribution >= 4 is 11.8 Å². The number of hydrogen-bond acceptors (Lipinski definition) is 2. The fourth-order valence-corrected chi connectivity index (χ4v) is 3.17. The number of rotatable bonds is 6. The van der Waals surface area contributed by atoms with Crippen LogP contribution >= 0.6 is 11.8 Å². The van der Waals surface area contributed by atoms with Crippen LogP contribution in [0.5, 0.6) is 0 Å². The van der Waals surface area contributed by atoms with Crippen LogP contribution in [0.3, 0.4) is 0 Å². The van der Waals surface area contributed by atoms with Gasteiger partial charge in [0.1, 0.15) is 0 Å². The molecule has 0 fully saturated rings. The van der Waals surface area contributed by atoms with Crippen LogP contribution in [0.15, 0.2) is 60.7 Å². The van der Waals surface area contributed by atoms with Gasteiger partial charge in [0.2, 0.25) is 0 Å². The fraction of sp³-hybridized carbons (Fsp3) is 0.250. The summed E-state index contributed by atoms with van der Waals surface area (Å²) < 4.78 is 0. The predicted molar refractivity (Wildman–Crippen MR) is 80.6 cm³/mol. The third kappa shape index (κ3) is 3.90. The van der Waals surface area contributed by atoms with Crippen LogP contribution in [0, 0.1) is 0 Å². The van der Waals surface area contributed by atoms with Crippen molar-refractivity contribution in [1.82, 2.24) is 0 Å². The summed E-state index contributed by atoms with van der Waals surface area (Å²) in [5.74, 6) is 1.04. The highest BCUT2D eigenvalue weighted by Gasteiger charge is 2.10. The summed E-state index contributed by atoms with van der Waals surface area (Å²) >= 11 is 1.97. The monoisotopic (exact) mass is 257 g/mol. The second kappa shape index (κ2) is 7.24. The van der Waals surface area contributed by atoms with Crippen molar-refractivity contribution in [2.24, 2.45) is 5.73 Å². The topological polar surface area (TPSA) is 26.0 Å². The average Bonchev–Trinajstić information content (AvgIpc) is 2.45. The van der Waals surface area contributed by atoms with Gasteiger partial charge in [-0.05, 0) is 24.1 Å². The second-order valence-corrected chi connectivity index (χ2v) is 5.46. The lowest BCUT2D eigenvalue weighted by Gasteiger charge is -2.16. The molecule has 2 rings (SSSR count). The van der Waals surface area contributed by atoms with E-state index in [1.165, 1.54) is 11.1 Å². The first-order valence-corrected chi connectivity index (χ1v) is 7.35. The Labute approximate surface area is 113 Å². The first kappa shape index (κ1) is 13.2. The molecule has 2 N–H and O–H groups in total. The summed E-state index contributed by atoms with van der Waals surface area (Å²) in [5.41, 5.74) is 8.48. The zero-order valence-corrected chi connectivity index (χ0v) is 11.3. The number of thioether (sulfide) groups is 1. The molecular formula is C16H19NS. The number of hydrogen-bond donors (Lipinski definition) is 1. The van der Waals surface area contributed by atoms with E-state index in [4.69, 9.17) is 5.73 Å². The van der Waals surface area contributed by atoms with E-state index in [1.807, 2.05) is 11.8 Å². The zero-order valence-electron chi connectivity index (χ0n) is 10.5. The summed E-state index contributed by atoms with van der Waals surface area (Å²) in [4.78, 5) is 0. The summed E-state index contributed by atoms with van der Waals surface area (Å²) in [6.07, 6.45) is 1.03. The quantitative estimate of drug-likeness (QED) is 0.846. The Balaban J connectivity index is 1.99. The second-order valence-electron chi connectivity index (χ2n) is 4.27. The molecule has 0 amide bonds. The lowest BCUT2D eigenvalue weighted by atomic mass is 10.1. The standard InChI is InChI=1S/C16H19NS/c17-12-11-16(15-9-5-2-6-10-15)18-13-14-7-3-1-4-8-14/h1-10,16H,11-13,17H2. The van der Waals surface area contributed by atoms with Gasteiger partial charge in [0.15, 0.2) is 0 Å². The first-order valence-electron chi connectivity index (χ1n) is 6.30. The van der Waals surface area contributed by atoms with E-state index in [0.29, 0.717) is 5.25 Å². The molecule has 0 radical (unpaired) electrons. The number of nitrogens with two attached hydrogens (primary N) is 1. The normalized spacial score (nSPS) is 12.3. The van der Waals surface area contributed by atoms with Crippen LogP contribution in [0.1, 0.15) is 22.8 Å². The largest absolute Gasteiger partial charge is 0.330 e. The van der Waals surface area contributed by atoms with Gasteiger partial charge in [-0.1, -0.05) is 60.7 Å². The zero-order chi connectivity index (χ0) is 12.6. The summed E-state index contributed by atoms with van der Waals surface area (Å²) in [7, 11) is 0. The van der Waals surface area contributed by atoms with Crippen LogP contribution < -0.4 is 5.73 Å². The van der Waals surface area contributed by atoms with E-state index in [1.54, 1.807) is 0 Å². The van der Waals surface area contributed by atoms with Crippen molar-refractivity contribution in [3.63, 3.8) is 0 Å². The van der Waals surface area contributed by atoms with Gasteiger partial charge in [-0.2, -0.15) is 0 Å². The van der Waals surface area contributed by atoms with Crippen LogP contribution in [0.2, 0.25) is 0 Å². The van der Waals surface area contributed by atoms with Crippen molar-refractivity contribution in [3.05, 3.63) is 71.8 Å². The molecule has 94 valence electrons. The van der Waals surface area contributed by atoms with Gasteiger partial charge in [0.25, 0.3) is 0 Å². The van der Waals surface area contributed by atoms with Crippen molar-refractivity contribution in [2.75, 3.05) is 6.54 Å². The van der Waals surface area contributed by atoms with Crippen LogP contribution in [0.25, 0.3) is 0 Å². The maximum Gasteiger partial charge on any atom is 0.0312 e. The SMILES string of the molecule is NCCC(SCc1ccccc1)c1ccccc1. The van der Waals surface area contributed by atoms with Gasteiger partial charge in [-0.15, -0.1) is 11.8 Å². The Bertz CT molecular complexity index is 441. The van der Waals surface area contributed by atoms with E-state index < -0.39 is 0 Å². The van der Waals surface area contributed by atoms with E-state index >= 15 is 0 Å². The smallest absolute Gasteiger partial charge is 0.0312 e. The van der Waals surface area contributed by atoms with Gasteiger partial charge < -0.3 is 5.73 Å². The van der Waals surface area contributed by atoms with Crippen molar-refractivity contribution in [2.45, 2.75) is 17.4 Å². The highest BCUT2D eigenvalue weighted by Crippen LogP contribution is 2.33. The molecule has 2 aromatic rings. The summed E-state index contributed by atoms with van der Waals surface area (Å²) in [5, 5.41) is 0.497. The van der Waals surface area contributed by atoms with E-state index in [-0.39, 0.29) is 0 Å². The van der Waals surface area contributed by atoms with Crippen molar-refractivity contribution < 1.29 is 0 Å². The molecule has 0 saturated carbocycles. The molecule has 0 heterocycles. The van der Waals surface area contributed by atoms with Crippen LogP contribution in [-0.4, -0.2) is 6.54 Å². The Hall–Kier alpha value is -1.25. The minimum absolute atomic E-state index is 0.497. The molecule has 1 atom stereocenters. The minimum Gasteiger partial charge on any atom is -0.330 e. The molecule has 0 saturated heterocycles. The first-order chi connectivity index (χ1) is 8.90. The molecule has 2 heteroatoms. The third-order valence-electron chi connectivity index (χ3n) is 2.89. The molecule has 2 aromatic carbocycles. The Kier molecular flexibility index (Phi) is 5.31. The van der Waals surface area contributed by atoms with E-state index in [0.717, 1.165) is 18.7 Å². The maximum absolute atomic E-state index is 5.72. The van der Waals surface area contributed by atoms with Crippen molar-refractivity contribution in [3.8, 4) is 0 Å². The van der Waals surface area contributed by atoms with Gasteiger partial charge >= 0.3 is 0 Å². The van der Waals surface area contributed by atoms with Gasteiger partial charge in [0.05, 0.1) is 0 Å². The molecule has 0 aromatic heterocycles. The Morgan fingerprint density at radius 3 is 2.11 bits per heavy atom. The van der Waals surface area contributed by atoms with E-state index in [2.05, 4.69) is 60.7 Å². The lowest BCUT2D eigenvalue weighted by molar-refractivity contribution is 0.814. The summed E-state index contributed by atoms with van der Waals surface area (Å²) in [6, 6.07) is 21.2. The van der Waals surface area contributed by atoms with E-state index in [9.17, 15) is 0 Å². The molecule has 0 aliphatic heterocycles. The molecule has 1 unspecified atom stereocenters. The molecule has 0 bridgehead atoms. The van der Waals surface area contributed by atoms with Crippen molar-refractivity contribution in [1.29, 1.82) is 0 Å². The minimum atomic E-state index is 0.497. The highest BCUT2D eigenvalue weighted by molar-refractivity contribution is 7.98. The van der Waals surface area contributed by atoms with Crippen LogP contribution in [-0.2, 0) is 5.75 Å². The van der Waals surface area contributed by atoms with Gasteiger partial charge in [0, 0.05) is 11.0 Å². The van der Waals surface area contributed by atoms with Gasteiger partial charge in [-0.3, -0.25) is 0 Å².